The van der Waals surface area contributed by atoms with Crippen LogP contribution in [0.5, 0.6) is 17.4 Å². The highest BCUT2D eigenvalue weighted by atomic mass is 16.5. The molecule has 1 amide bonds. The number of hydrogen-bond acceptors (Lipinski definition) is 10. The van der Waals surface area contributed by atoms with Crippen molar-refractivity contribution in [2.45, 2.75) is 32.7 Å². The normalized spacial score (nSPS) is 14.7. The van der Waals surface area contributed by atoms with E-state index in [1.807, 2.05) is 38.1 Å². The summed E-state index contributed by atoms with van der Waals surface area (Å²) in [6.45, 7) is 5.16. The monoisotopic (exact) mass is 575 g/mol. The lowest BCUT2D eigenvalue weighted by molar-refractivity contribution is -0.111. The van der Waals surface area contributed by atoms with Crippen molar-refractivity contribution in [1.82, 2.24) is 29.9 Å². The second kappa shape index (κ2) is 12.1. The maximum atomic E-state index is 12.8. The van der Waals surface area contributed by atoms with Crippen molar-refractivity contribution in [3.63, 3.8) is 0 Å². The Balaban J connectivity index is 1.29. The molecule has 1 aliphatic heterocycles. The highest BCUT2D eigenvalue weighted by molar-refractivity contribution is 6.05. The molecule has 5 aromatic rings. The number of fused-ring (bicyclic) bond motifs is 2. The Bertz CT molecular complexity index is 1890. The van der Waals surface area contributed by atoms with Crippen LogP contribution < -0.4 is 25.4 Å². The van der Waals surface area contributed by atoms with Gasteiger partial charge in [0.1, 0.15) is 30.2 Å². The van der Waals surface area contributed by atoms with Gasteiger partial charge < -0.3 is 25.4 Å². The minimum absolute atomic E-state index is 0.195. The van der Waals surface area contributed by atoms with Crippen LogP contribution in [0.4, 0.5) is 17.1 Å². The number of amides is 1. The molecule has 1 atom stereocenters. The van der Waals surface area contributed by atoms with Gasteiger partial charge in [0.15, 0.2) is 5.65 Å². The lowest BCUT2D eigenvalue weighted by Gasteiger charge is -2.16. The number of pyridine rings is 1. The second-order valence-corrected chi connectivity index (χ2v) is 10.0. The number of nitriles is 1. The van der Waals surface area contributed by atoms with E-state index in [4.69, 9.17) is 9.47 Å². The van der Waals surface area contributed by atoms with Gasteiger partial charge in [-0.1, -0.05) is 6.08 Å². The first-order valence-electron chi connectivity index (χ1n) is 13.9. The van der Waals surface area contributed by atoms with E-state index >= 15 is 0 Å². The van der Waals surface area contributed by atoms with Crippen LogP contribution in [0.2, 0.25) is 0 Å². The van der Waals surface area contributed by atoms with Crippen LogP contribution in [-0.4, -0.2) is 49.7 Å². The molecule has 0 spiro atoms. The zero-order valence-electron chi connectivity index (χ0n) is 23.7. The van der Waals surface area contributed by atoms with Gasteiger partial charge >= 0.3 is 0 Å². The Morgan fingerprint density at radius 3 is 2.91 bits per heavy atom. The first-order valence-corrected chi connectivity index (χ1v) is 13.9. The molecule has 0 bridgehead atoms. The molecule has 12 nitrogen and oxygen atoms in total. The largest absolute Gasteiger partial charge is 0.492 e. The second-order valence-electron chi connectivity index (χ2n) is 10.0. The van der Waals surface area contributed by atoms with Crippen molar-refractivity contribution in [2.24, 2.45) is 0 Å². The highest BCUT2D eigenvalue weighted by Crippen LogP contribution is 2.37. The zero-order chi connectivity index (χ0) is 29.8. The van der Waals surface area contributed by atoms with Gasteiger partial charge in [-0.15, -0.1) is 10.2 Å². The van der Waals surface area contributed by atoms with Gasteiger partial charge in [0.2, 0.25) is 11.8 Å². The molecule has 1 saturated heterocycles. The number of carbonyl (C=O) groups is 1. The summed E-state index contributed by atoms with van der Waals surface area (Å²) in [4.78, 5) is 21.6. The molecular formula is C31H29N9O3. The first-order chi connectivity index (χ1) is 21.0. The van der Waals surface area contributed by atoms with Crippen LogP contribution in [0.1, 0.15) is 30.9 Å². The van der Waals surface area contributed by atoms with Crippen molar-refractivity contribution < 1.29 is 14.3 Å². The number of carbonyl (C=O) groups excluding carboxylic acids is 1. The minimum Gasteiger partial charge on any atom is -0.492 e. The van der Waals surface area contributed by atoms with Gasteiger partial charge in [-0.25, -0.2) is 4.98 Å². The summed E-state index contributed by atoms with van der Waals surface area (Å²) in [5.74, 6) is 1.24. The van der Waals surface area contributed by atoms with Gasteiger partial charge in [-0.05, 0) is 63.1 Å². The third kappa shape index (κ3) is 6.07. The molecule has 3 N–H and O–H groups in total. The molecule has 0 saturated carbocycles. The Morgan fingerprint density at radius 1 is 1.21 bits per heavy atom. The molecular weight excluding hydrogens is 546 g/mol. The van der Waals surface area contributed by atoms with E-state index in [1.54, 1.807) is 35.3 Å². The van der Waals surface area contributed by atoms with Gasteiger partial charge in [0.25, 0.3) is 0 Å². The van der Waals surface area contributed by atoms with Gasteiger partial charge in [-0.2, -0.15) is 5.26 Å². The summed E-state index contributed by atoms with van der Waals surface area (Å²) >= 11 is 0. The maximum absolute atomic E-state index is 12.8. The standard InChI is InChI=1S/C31H29N9O3/c1-3-42-27-13-24-23(12-25(27)38-29(41)9-7-21-5-4-10-33-21)31(20(15-32)16-34-24)37-22-6-8-26(19(2)11-22)43-30-14-28-39-36-18-40(28)17-35-30/h6-9,11-14,16-18,21,33H,3-5,10H2,1-2H3,(H,34,37)(H,38,41)/b9-7+/t21-/m1/s1. The number of ether oxygens (including phenoxy) is 2. The number of anilines is 3. The van der Waals surface area contributed by atoms with E-state index in [-0.39, 0.29) is 11.9 Å². The first kappa shape index (κ1) is 27.6. The molecule has 1 fully saturated rings. The number of aryl methyl sites for hydroxylation is 1. The smallest absolute Gasteiger partial charge is 0.248 e. The third-order valence-electron chi connectivity index (χ3n) is 7.05. The molecule has 216 valence electrons. The third-order valence-corrected chi connectivity index (χ3v) is 7.05. The van der Waals surface area contributed by atoms with E-state index in [9.17, 15) is 10.1 Å². The van der Waals surface area contributed by atoms with Crippen LogP contribution in [-0.2, 0) is 4.79 Å². The topological polar surface area (TPSA) is 151 Å². The van der Waals surface area contributed by atoms with E-state index in [0.29, 0.717) is 57.5 Å². The minimum atomic E-state index is -0.267. The predicted molar refractivity (Wildman–Crippen MR) is 162 cm³/mol. The predicted octanol–water partition coefficient (Wildman–Crippen LogP) is 5.03. The lowest BCUT2D eigenvalue weighted by atomic mass is 10.1. The van der Waals surface area contributed by atoms with Crippen molar-refractivity contribution in [3.8, 4) is 23.4 Å². The van der Waals surface area contributed by atoms with E-state index < -0.39 is 0 Å². The number of nitrogens with one attached hydrogen (secondary N) is 3. The van der Waals surface area contributed by atoms with Crippen LogP contribution in [0.3, 0.4) is 0 Å². The Kier molecular flexibility index (Phi) is 7.80. The van der Waals surface area contributed by atoms with Crippen molar-refractivity contribution in [1.29, 1.82) is 5.26 Å². The van der Waals surface area contributed by atoms with E-state index in [2.05, 4.69) is 42.2 Å². The van der Waals surface area contributed by atoms with Crippen molar-refractivity contribution in [2.75, 3.05) is 23.8 Å². The average Bonchev–Trinajstić information content (AvgIpc) is 3.70. The van der Waals surface area contributed by atoms with Gasteiger partial charge in [0, 0.05) is 41.5 Å². The summed E-state index contributed by atoms with van der Waals surface area (Å²) in [6.07, 6.45) is 10.2. The lowest BCUT2D eigenvalue weighted by Crippen LogP contribution is -2.19. The molecule has 43 heavy (non-hydrogen) atoms. The molecule has 4 heterocycles. The van der Waals surface area contributed by atoms with Crippen molar-refractivity contribution >= 4 is 39.5 Å². The molecule has 6 rings (SSSR count). The quantitative estimate of drug-likeness (QED) is 0.204. The summed E-state index contributed by atoms with van der Waals surface area (Å²) in [5.41, 5.74) is 4.22. The number of hydrogen-bond donors (Lipinski definition) is 3. The Morgan fingerprint density at radius 2 is 2.12 bits per heavy atom. The summed E-state index contributed by atoms with van der Waals surface area (Å²) in [6, 6.07) is 13.3. The molecule has 0 unspecified atom stereocenters. The molecule has 0 radical (unpaired) electrons. The molecule has 1 aliphatic rings. The SMILES string of the molecule is CCOc1cc2ncc(C#N)c(Nc3ccc(Oc4cc5nncn5cn4)c(C)c3)c2cc1NC(=O)/C=C/[C@H]1CCCN1. The van der Waals surface area contributed by atoms with E-state index in [0.717, 1.165) is 30.6 Å². The maximum Gasteiger partial charge on any atom is 0.248 e. The Hall–Kier alpha value is -5.54. The fourth-order valence-corrected chi connectivity index (χ4v) is 4.93. The van der Waals surface area contributed by atoms with Crippen LogP contribution >= 0.6 is 0 Å². The van der Waals surface area contributed by atoms with E-state index in [1.165, 1.54) is 12.3 Å². The molecule has 0 aliphatic carbocycles. The average molecular weight is 576 g/mol. The summed E-state index contributed by atoms with van der Waals surface area (Å²) in [7, 11) is 0. The van der Waals surface area contributed by atoms with Crippen LogP contribution in [0.25, 0.3) is 16.6 Å². The number of rotatable bonds is 9. The molecule has 2 aromatic carbocycles. The molecule has 3 aromatic heterocycles. The zero-order valence-corrected chi connectivity index (χ0v) is 23.7. The number of benzene rings is 2. The van der Waals surface area contributed by atoms with Crippen LogP contribution in [0.15, 0.2) is 67.4 Å². The summed E-state index contributed by atoms with van der Waals surface area (Å²) < 4.78 is 13.5. The number of aromatic nitrogens is 5. The van der Waals surface area contributed by atoms with Crippen LogP contribution in [0, 0.1) is 18.3 Å². The number of nitrogens with zero attached hydrogens (tertiary/aromatic N) is 6. The highest BCUT2D eigenvalue weighted by Gasteiger charge is 2.17. The summed E-state index contributed by atoms with van der Waals surface area (Å²) in [5, 5.41) is 28.1. The van der Waals surface area contributed by atoms with Gasteiger partial charge in [0.05, 0.1) is 29.1 Å². The van der Waals surface area contributed by atoms with Crippen molar-refractivity contribution in [3.05, 3.63) is 78.5 Å². The Labute approximate surface area is 247 Å². The fraction of sp³-hybridized carbons (Fsp3) is 0.226. The fourth-order valence-electron chi connectivity index (χ4n) is 4.93. The van der Waals surface area contributed by atoms with Gasteiger partial charge in [-0.3, -0.25) is 14.2 Å². The molecule has 12 heteroatoms.